The summed E-state index contributed by atoms with van der Waals surface area (Å²) in [5.41, 5.74) is 0. The predicted octanol–water partition coefficient (Wildman–Crippen LogP) is -2.78. The average Bonchev–Trinajstić information content (AvgIpc) is 1.82. The molecule has 0 rings (SSSR count). The first-order valence-corrected chi connectivity index (χ1v) is 6.29. The van der Waals surface area contributed by atoms with Gasteiger partial charge in [-0.1, -0.05) is 18.0 Å². The van der Waals surface area contributed by atoms with Crippen molar-refractivity contribution in [2.24, 2.45) is 0 Å². The Morgan fingerprint density at radius 1 is 1.42 bits per heavy atom. The van der Waals surface area contributed by atoms with Crippen LogP contribution < -0.4 is 18.9 Å². The zero-order chi connectivity index (χ0) is 9.23. The van der Waals surface area contributed by atoms with Crippen molar-refractivity contribution in [2.45, 2.75) is 24.3 Å². The SMILES string of the molecule is CC(C(C)S(=O)(=O)Cl)S(=O)[O-].[Li+]. The average molecular weight is 227 g/mol. The van der Waals surface area contributed by atoms with Gasteiger partial charge in [-0.3, -0.25) is 4.21 Å². The van der Waals surface area contributed by atoms with Crippen LogP contribution in [0.1, 0.15) is 13.8 Å². The van der Waals surface area contributed by atoms with Crippen LogP contribution >= 0.6 is 10.7 Å². The molecule has 0 saturated carbocycles. The predicted molar refractivity (Wildman–Crippen MR) is 42.6 cm³/mol. The van der Waals surface area contributed by atoms with E-state index in [0.29, 0.717) is 0 Å². The Hall–Kier alpha value is 0.947. The largest absolute Gasteiger partial charge is 1.00 e. The molecule has 3 unspecified atom stereocenters. The van der Waals surface area contributed by atoms with Crippen molar-refractivity contribution < 1.29 is 36.0 Å². The van der Waals surface area contributed by atoms with Gasteiger partial charge < -0.3 is 4.55 Å². The second kappa shape index (κ2) is 5.63. The van der Waals surface area contributed by atoms with Crippen LogP contribution in [0.4, 0.5) is 0 Å². The molecule has 0 aliphatic carbocycles. The first-order valence-electron chi connectivity index (χ1n) is 2.78. The summed E-state index contributed by atoms with van der Waals surface area (Å²) in [6.07, 6.45) is 0. The third kappa shape index (κ3) is 4.85. The minimum atomic E-state index is -3.77. The van der Waals surface area contributed by atoms with Gasteiger partial charge in [-0.05, 0) is 6.92 Å². The van der Waals surface area contributed by atoms with E-state index in [2.05, 4.69) is 0 Å². The third-order valence-electron chi connectivity index (χ3n) is 1.41. The number of hydrogen-bond donors (Lipinski definition) is 0. The van der Waals surface area contributed by atoms with Crippen LogP contribution in [0.25, 0.3) is 0 Å². The number of halogens is 1. The van der Waals surface area contributed by atoms with E-state index in [0.717, 1.165) is 0 Å². The molecule has 0 aliphatic rings. The molecule has 0 heterocycles. The smallest absolute Gasteiger partial charge is 0.772 e. The summed E-state index contributed by atoms with van der Waals surface area (Å²) in [5, 5.41) is -2.04. The van der Waals surface area contributed by atoms with Gasteiger partial charge in [0, 0.05) is 15.9 Å². The van der Waals surface area contributed by atoms with Gasteiger partial charge in [-0.2, -0.15) is 0 Å². The summed E-state index contributed by atoms with van der Waals surface area (Å²) in [5.74, 6) is 0. The molecular weight excluding hydrogens is 219 g/mol. The molecule has 0 aromatic carbocycles. The van der Waals surface area contributed by atoms with Crippen LogP contribution in [-0.2, 0) is 20.1 Å². The van der Waals surface area contributed by atoms with Gasteiger partial charge >= 0.3 is 18.9 Å². The summed E-state index contributed by atoms with van der Waals surface area (Å²) in [6, 6.07) is 0. The first-order chi connectivity index (χ1) is 4.76. The maximum Gasteiger partial charge on any atom is 1.00 e. The molecular formula is C4H8ClLiO4S2. The van der Waals surface area contributed by atoms with Crippen molar-refractivity contribution >= 4 is 30.8 Å². The molecule has 0 saturated heterocycles. The first kappa shape index (κ1) is 15.4. The van der Waals surface area contributed by atoms with Gasteiger partial charge in [0.05, 0.1) is 5.25 Å². The molecule has 0 aromatic rings. The summed E-state index contributed by atoms with van der Waals surface area (Å²) < 4.78 is 41.7. The maximum absolute atomic E-state index is 10.6. The van der Waals surface area contributed by atoms with Gasteiger partial charge in [0.15, 0.2) is 0 Å². The zero-order valence-electron chi connectivity index (χ0n) is 6.98. The van der Waals surface area contributed by atoms with Crippen LogP contribution in [-0.4, -0.2) is 27.7 Å². The molecule has 0 N–H and O–H groups in total. The third-order valence-corrected chi connectivity index (χ3v) is 4.74. The van der Waals surface area contributed by atoms with E-state index >= 15 is 0 Å². The molecule has 0 bridgehead atoms. The molecule has 8 heteroatoms. The van der Waals surface area contributed by atoms with Crippen molar-refractivity contribution in [3.05, 3.63) is 0 Å². The molecule has 0 aromatic heterocycles. The van der Waals surface area contributed by atoms with Crippen molar-refractivity contribution in [1.29, 1.82) is 0 Å². The second-order valence-corrected chi connectivity index (χ2v) is 6.40. The fourth-order valence-corrected chi connectivity index (χ4v) is 2.51. The van der Waals surface area contributed by atoms with Gasteiger partial charge in [0.1, 0.15) is 0 Å². The van der Waals surface area contributed by atoms with Crippen LogP contribution in [0.15, 0.2) is 0 Å². The molecule has 0 amide bonds. The van der Waals surface area contributed by atoms with E-state index in [9.17, 15) is 17.2 Å². The van der Waals surface area contributed by atoms with E-state index in [1.54, 1.807) is 0 Å². The van der Waals surface area contributed by atoms with Crippen LogP contribution in [0.3, 0.4) is 0 Å². The molecule has 0 radical (unpaired) electrons. The van der Waals surface area contributed by atoms with Crippen LogP contribution in [0.5, 0.6) is 0 Å². The van der Waals surface area contributed by atoms with E-state index < -0.39 is 30.6 Å². The Balaban J connectivity index is 0. The maximum atomic E-state index is 10.6. The molecule has 68 valence electrons. The fourth-order valence-electron chi connectivity index (χ4n) is 0.385. The Kier molecular flexibility index (Phi) is 7.24. The summed E-state index contributed by atoms with van der Waals surface area (Å²) in [4.78, 5) is 0. The van der Waals surface area contributed by atoms with E-state index in [-0.39, 0.29) is 18.9 Å². The monoisotopic (exact) mass is 226 g/mol. The van der Waals surface area contributed by atoms with Crippen molar-refractivity contribution in [1.82, 2.24) is 0 Å². The summed E-state index contributed by atoms with van der Waals surface area (Å²) in [7, 11) is 1.15. The molecule has 0 spiro atoms. The Morgan fingerprint density at radius 3 is 1.83 bits per heavy atom. The molecule has 0 fully saturated rings. The van der Waals surface area contributed by atoms with Crippen molar-refractivity contribution in [3.63, 3.8) is 0 Å². The molecule has 0 aliphatic heterocycles. The van der Waals surface area contributed by atoms with Crippen molar-refractivity contribution in [2.75, 3.05) is 0 Å². The number of hydrogen-bond acceptors (Lipinski definition) is 4. The van der Waals surface area contributed by atoms with E-state index in [1.165, 1.54) is 13.8 Å². The molecule has 4 nitrogen and oxygen atoms in total. The van der Waals surface area contributed by atoms with Crippen LogP contribution in [0, 0.1) is 0 Å². The van der Waals surface area contributed by atoms with Crippen molar-refractivity contribution in [3.8, 4) is 0 Å². The standard InChI is InChI=1S/C4H9ClO4S2.Li/c1-3(10(6)7)4(2)11(5,8)9;/h3-4H,1-2H3,(H,6,7);/q;+1/p-1. The van der Waals surface area contributed by atoms with Gasteiger partial charge in [0.2, 0.25) is 9.05 Å². The normalized spacial score (nSPS) is 19.0. The fraction of sp³-hybridized carbons (Fsp3) is 1.00. The van der Waals surface area contributed by atoms with Gasteiger partial charge in [0.25, 0.3) is 0 Å². The minimum absolute atomic E-state index is 0. The van der Waals surface area contributed by atoms with E-state index in [1.807, 2.05) is 0 Å². The van der Waals surface area contributed by atoms with Crippen LogP contribution in [0.2, 0.25) is 0 Å². The summed E-state index contributed by atoms with van der Waals surface area (Å²) in [6.45, 7) is 2.54. The van der Waals surface area contributed by atoms with E-state index in [4.69, 9.17) is 10.7 Å². The molecule has 3 atom stereocenters. The summed E-state index contributed by atoms with van der Waals surface area (Å²) >= 11 is -2.40. The Bertz CT molecular complexity index is 252. The molecule has 12 heavy (non-hydrogen) atoms. The quantitative estimate of drug-likeness (QED) is 0.296. The Labute approximate surface area is 90.9 Å². The van der Waals surface area contributed by atoms with Gasteiger partial charge in [-0.25, -0.2) is 8.42 Å². The minimum Gasteiger partial charge on any atom is -0.772 e. The topological polar surface area (TPSA) is 74.3 Å². The number of rotatable bonds is 3. The van der Waals surface area contributed by atoms with Gasteiger partial charge in [-0.15, -0.1) is 0 Å². The Morgan fingerprint density at radius 2 is 1.75 bits per heavy atom. The second-order valence-electron chi connectivity index (χ2n) is 2.15. The zero-order valence-corrected chi connectivity index (χ0v) is 9.37.